The van der Waals surface area contributed by atoms with Crippen LogP contribution in [0.5, 0.6) is 0 Å². The van der Waals surface area contributed by atoms with Gasteiger partial charge in [0.25, 0.3) is 0 Å². The van der Waals surface area contributed by atoms with Crippen LogP contribution in [0.2, 0.25) is 5.02 Å². The van der Waals surface area contributed by atoms with Crippen molar-refractivity contribution in [3.05, 3.63) is 27.8 Å². The second-order valence-electron chi connectivity index (χ2n) is 4.45. The molecule has 0 fully saturated rings. The number of fused-ring (bicyclic) bond motifs is 1. The van der Waals surface area contributed by atoms with Crippen LogP contribution in [-0.4, -0.2) is 17.0 Å². The van der Waals surface area contributed by atoms with Crippen molar-refractivity contribution >= 4 is 29.2 Å². The van der Waals surface area contributed by atoms with E-state index in [1.165, 1.54) is 6.92 Å². The molecule has 5 heteroatoms. The maximum atomic E-state index is 11.2. The Morgan fingerprint density at radius 2 is 2.06 bits per heavy atom. The predicted octanol–water partition coefficient (Wildman–Crippen LogP) is 2.41. The Labute approximate surface area is 110 Å². The van der Waals surface area contributed by atoms with E-state index < -0.39 is 5.97 Å². The average molecular weight is 268 g/mol. The molecule has 1 aliphatic carbocycles. The smallest absolute Gasteiger partial charge is 0.307 e. The maximum Gasteiger partial charge on any atom is 0.307 e. The predicted molar refractivity (Wildman–Crippen MR) is 69.1 cm³/mol. The van der Waals surface area contributed by atoms with E-state index >= 15 is 0 Å². The number of halogens is 1. The Kier molecular flexibility index (Phi) is 3.57. The normalized spacial score (nSPS) is 13.2. The summed E-state index contributed by atoms with van der Waals surface area (Å²) in [4.78, 5) is 22.1. The fourth-order valence-electron chi connectivity index (χ4n) is 2.46. The fourth-order valence-corrected chi connectivity index (χ4v) is 2.78. The monoisotopic (exact) mass is 267 g/mol. The van der Waals surface area contributed by atoms with Crippen LogP contribution >= 0.6 is 11.6 Å². The average Bonchev–Trinajstić information content (AvgIpc) is 2.71. The zero-order chi connectivity index (χ0) is 13.3. The van der Waals surface area contributed by atoms with Gasteiger partial charge in [-0.25, -0.2) is 0 Å². The molecule has 0 spiro atoms. The fraction of sp³-hybridized carbons (Fsp3) is 0.385. The van der Waals surface area contributed by atoms with Gasteiger partial charge in [0.2, 0.25) is 5.91 Å². The van der Waals surface area contributed by atoms with E-state index in [4.69, 9.17) is 16.7 Å². The van der Waals surface area contributed by atoms with E-state index in [1.807, 2.05) is 0 Å². The molecule has 0 aromatic heterocycles. The summed E-state index contributed by atoms with van der Waals surface area (Å²) in [5.74, 6) is -1.13. The minimum Gasteiger partial charge on any atom is -0.481 e. The van der Waals surface area contributed by atoms with Crippen molar-refractivity contribution in [2.24, 2.45) is 0 Å². The van der Waals surface area contributed by atoms with E-state index in [1.54, 1.807) is 6.07 Å². The van der Waals surface area contributed by atoms with Gasteiger partial charge >= 0.3 is 5.97 Å². The van der Waals surface area contributed by atoms with Gasteiger partial charge in [0.05, 0.1) is 6.42 Å². The van der Waals surface area contributed by atoms with Crippen LogP contribution in [0, 0.1) is 0 Å². The molecule has 1 aromatic rings. The molecule has 1 aromatic carbocycles. The summed E-state index contributed by atoms with van der Waals surface area (Å²) >= 11 is 6.17. The first-order valence-corrected chi connectivity index (χ1v) is 6.19. The summed E-state index contributed by atoms with van der Waals surface area (Å²) in [7, 11) is 0. The molecule has 0 saturated carbocycles. The number of aliphatic carboxylic acids is 1. The van der Waals surface area contributed by atoms with Crippen molar-refractivity contribution in [1.29, 1.82) is 0 Å². The molecule has 0 bridgehead atoms. The largest absolute Gasteiger partial charge is 0.481 e. The van der Waals surface area contributed by atoms with E-state index in [9.17, 15) is 9.59 Å². The van der Waals surface area contributed by atoms with Gasteiger partial charge in [-0.15, -0.1) is 0 Å². The van der Waals surface area contributed by atoms with Crippen molar-refractivity contribution < 1.29 is 14.7 Å². The van der Waals surface area contributed by atoms with Gasteiger partial charge in [-0.2, -0.15) is 0 Å². The van der Waals surface area contributed by atoms with Crippen LogP contribution in [-0.2, 0) is 28.9 Å². The zero-order valence-corrected chi connectivity index (χ0v) is 10.8. The number of hydrogen-bond acceptors (Lipinski definition) is 2. The molecule has 0 radical (unpaired) electrons. The second-order valence-corrected chi connectivity index (χ2v) is 4.85. The molecule has 0 heterocycles. The molecule has 18 heavy (non-hydrogen) atoms. The number of carboxylic acid groups (broad SMARTS) is 1. The summed E-state index contributed by atoms with van der Waals surface area (Å²) in [6.07, 6.45) is 2.59. The molecule has 0 saturated heterocycles. The number of nitrogens with one attached hydrogen (secondary N) is 1. The number of amides is 1. The number of anilines is 1. The highest BCUT2D eigenvalue weighted by Crippen LogP contribution is 2.36. The highest BCUT2D eigenvalue weighted by molar-refractivity contribution is 6.32. The lowest BCUT2D eigenvalue weighted by Gasteiger charge is -2.15. The molecule has 4 nitrogen and oxygen atoms in total. The standard InChI is InChI=1S/C13H14ClNO3/c1-7(16)15-12-6-11(14)9-4-2-3-8(9)10(12)5-13(17)18/h6H,2-5H2,1H3,(H,15,16)(H,17,18). The van der Waals surface area contributed by atoms with Crippen LogP contribution in [0.4, 0.5) is 5.69 Å². The van der Waals surface area contributed by atoms with Crippen molar-refractivity contribution in [2.75, 3.05) is 5.32 Å². The lowest BCUT2D eigenvalue weighted by Crippen LogP contribution is -2.13. The molecule has 0 aliphatic heterocycles. The molecule has 2 rings (SSSR count). The lowest BCUT2D eigenvalue weighted by atomic mass is 9.98. The summed E-state index contributed by atoms with van der Waals surface area (Å²) in [6, 6.07) is 1.66. The minimum absolute atomic E-state index is 0.0882. The first-order chi connectivity index (χ1) is 8.49. The third kappa shape index (κ3) is 2.48. The molecule has 0 atom stereocenters. The summed E-state index contributed by atoms with van der Waals surface area (Å²) in [6.45, 7) is 1.39. The maximum absolute atomic E-state index is 11.2. The van der Waals surface area contributed by atoms with Crippen molar-refractivity contribution in [3.8, 4) is 0 Å². The first-order valence-electron chi connectivity index (χ1n) is 5.81. The SMILES string of the molecule is CC(=O)Nc1cc(Cl)c2c(c1CC(=O)O)CCC2. The Hall–Kier alpha value is -1.55. The van der Waals surface area contributed by atoms with Gasteiger partial charge in [-0.05, 0) is 42.0 Å². The summed E-state index contributed by atoms with van der Waals surface area (Å²) in [5.41, 5.74) is 3.24. The summed E-state index contributed by atoms with van der Waals surface area (Å²) in [5, 5.41) is 12.3. The van der Waals surface area contributed by atoms with Gasteiger partial charge in [-0.1, -0.05) is 11.6 Å². The van der Waals surface area contributed by atoms with Crippen LogP contribution in [0.3, 0.4) is 0 Å². The van der Waals surface area contributed by atoms with Crippen molar-refractivity contribution in [1.82, 2.24) is 0 Å². The van der Waals surface area contributed by atoms with E-state index in [0.717, 1.165) is 30.4 Å². The Balaban J connectivity index is 2.53. The van der Waals surface area contributed by atoms with Gasteiger partial charge in [0.1, 0.15) is 0 Å². The van der Waals surface area contributed by atoms with Crippen LogP contribution in [0.25, 0.3) is 0 Å². The van der Waals surface area contributed by atoms with Crippen molar-refractivity contribution in [3.63, 3.8) is 0 Å². The Morgan fingerprint density at radius 1 is 1.39 bits per heavy atom. The van der Waals surface area contributed by atoms with E-state index in [-0.39, 0.29) is 12.3 Å². The lowest BCUT2D eigenvalue weighted by molar-refractivity contribution is -0.136. The highest BCUT2D eigenvalue weighted by Gasteiger charge is 2.22. The summed E-state index contributed by atoms with van der Waals surface area (Å²) < 4.78 is 0. The Bertz CT molecular complexity index is 525. The third-order valence-corrected chi connectivity index (χ3v) is 3.44. The zero-order valence-electron chi connectivity index (χ0n) is 10.0. The number of rotatable bonds is 3. The van der Waals surface area contributed by atoms with Gasteiger partial charge in [0, 0.05) is 17.6 Å². The molecule has 1 aliphatic rings. The molecule has 96 valence electrons. The quantitative estimate of drug-likeness (QED) is 0.884. The van der Waals surface area contributed by atoms with E-state index in [0.29, 0.717) is 16.3 Å². The Morgan fingerprint density at radius 3 is 2.67 bits per heavy atom. The first kappa shape index (κ1) is 12.9. The molecule has 2 N–H and O–H groups in total. The van der Waals surface area contributed by atoms with Crippen molar-refractivity contribution in [2.45, 2.75) is 32.6 Å². The third-order valence-electron chi connectivity index (χ3n) is 3.11. The topological polar surface area (TPSA) is 66.4 Å². The van der Waals surface area contributed by atoms with Crippen LogP contribution in [0.1, 0.15) is 30.0 Å². The molecule has 1 amide bonds. The number of carbonyl (C=O) groups excluding carboxylic acids is 1. The molecular weight excluding hydrogens is 254 g/mol. The van der Waals surface area contributed by atoms with Gasteiger partial charge in [-0.3, -0.25) is 9.59 Å². The van der Waals surface area contributed by atoms with Crippen LogP contribution < -0.4 is 5.32 Å². The number of carbonyl (C=O) groups is 2. The number of hydrogen-bond donors (Lipinski definition) is 2. The second kappa shape index (κ2) is 4.98. The number of benzene rings is 1. The van der Waals surface area contributed by atoms with Gasteiger partial charge in [0.15, 0.2) is 0 Å². The van der Waals surface area contributed by atoms with Gasteiger partial charge < -0.3 is 10.4 Å². The van der Waals surface area contributed by atoms with Crippen LogP contribution in [0.15, 0.2) is 6.07 Å². The number of carboxylic acids is 1. The molecular formula is C13H14ClNO3. The van der Waals surface area contributed by atoms with E-state index in [2.05, 4.69) is 5.32 Å². The molecule has 0 unspecified atom stereocenters. The minimum atomic E-state index is -0.905. The highest BCUT2D eigenvalue weighted by atomic mass is 35.5.